The Morgan fingerprint density at radius 2 is 1.31 bits per heavy atom. The van der Waals surface area contributed by atoms with Crippen LogP contribution in [0.25, 0.3) is 0 Å². The number of para-hydroxylation sites is 1. The first-order valence-corrected chi connectivity index (χ1v) is 9.15. The molecule has 3 aromatic carbocycles. The standard InChI is InChI=1S/C21H17IN2O2/c1-14-10-12-15(13-11-14)23-21(26)17-7-3-5-9-19(17)24-20(25)16-6-2-4-8-18(16)22/h2-13H,1H3,(H,23,26)(H,24,25). The minimum absolute atomic E-state index is 0.245. The first kappa shape index (κ1) is 18.1. The van der Waals surface area contributed by atoms with Crippen LogP contribution in [0, 0.1) is 10.5 Å². The maximum atomic E-state index is 12.6. The van der Waals surface area contributed by atoms with Crippen molar-refractivity contribution >= 4 is 45.8 Å². The minimum Gasteiger partial charge on any atom is -0.322 e. The van der Waals surface area contributed by atoms with Crippen molar-refractivity contribution < 1.29 is 9.59 Å². The summed E-state index contributed by atoms with van der Waals surface area (Å²) in [6.45, 7) is 1.99. The first-order valence-electron chi connectivity index (χ1n) is 8.07. The largest absolute Gasteiger partial charge is 0.322 e. The van der Waals surface area contributed by atoms with Gasteiger partial charge in [-0.25, -0.2) is 0 Å². The van der Waals surface area contributed by atoms with Crippen LogP contribution < -0.4 is 10.6 Å². The molecule has 2 amide bonds. The number of benzene rings is 3. The molecule has 0 aliphatic heterocycles. The molecule has 3 rings (SSSR count). The predicted molar refractivity (Wildman–Crippen MR) is 113 cm³/mol. The summed E-state index contributed by atoms with van der Waals surface area (Å²) in [5, 5.41) is 5.70. The van der Waals surface area contributed by atoms with E-state index < -0.39 is 0 Å². The van der Waals surface area contributed by atoms with Gasteiger partial charge in [0.25, 0.3) is 11.8 Å². The van der Waals surface area contributed by atoms with Crippen LogP contribution >= 0.6 is 22.6 Å². The molecule has 26 heavy (non-hydrogen) atoms. The zero-order chi connectivity index (χ0) is 18.5. The summed E-state index contributed by atoms with van der Waals surface area (Å²) in [7, 11) is 0. The fraction of sp³-hybridized carbons (Fsp3) is 0.0476. The van der Waals surface area contributed by atoms with E-state index in [0.717, 1.165) is 9.13 Å². The average Bonchev–Trinajstić information content (AvgIpc) is 2.64. The van der Waals surface area contributed by atoms with E-state index in [1.54, 1.807) is 30.3 Å². The van der Waals surface area contributed by atoms with Gasteiger partial charge in [-0.05, 0) is 65.9 Å². The van der Waals surface area contributed by atoms with Crippen molar-refractivity contribution in [3.8, 4) is 0 Å². The molecule has 5 heteroatoms. The molecule has 0 radical (unpaired) electrons. The Bertz CT molecular complexity index is 952. The van der Waals surface area contributed by atoms with Gasteiger partial charge < -0.3 is 10.6 Å². The van der Waals surface area contributed by atoms with Crippen molar-refractivity contribution in [2.75, 3.05) is 10.6 Å². The monoisotopic (exact) mass is 456 g/mol. The Morgan fingerprint density at radius 3 is 2.00 bits per heavy atom. The summed E-state index contributed by atoms with van der Waals surface area (Å²) < 4.78 is 0.851. The predicted octanol–water partition coefficient (Wildman–Crippen LogP) is 5.10. The van der Waals surface area contributed by atoms with Gasteiger partial charge in [0.15, 0.2) is 0 Å². The summed E-state index contributed by atoms with van der Waals surface area (Å²) >= 11 is 2.12. The molecular weight excluding hydrogens is 439 g/mol. The molecule has 130 valence electrons. The summed E-state index contributed by atoms with van der Waals surface area (Å²) in [5.74, 6) is -0.516. The lowest BCUT2D eigenvalue weighted by Gasteiger charge is -2.12. The fourth-order valence-corrected chi connectivity index (χ4v) is 3.09. The number of rotatable bonds is 4. The molecule has 2 N–H and O–H groups in total. The van der Waals surface area contributed by atoms with E-state index in [1.165, 1.54) is 0 Å². The number of hydrogen-bond acceptors (Lipinski definition) is 2. The second kappa shape index (κ2) is 8.14. The van der Waals surface area contributed by atoms with E-state index in [9.17, 15) is 9.59 Å². The molecular formula is C21H17IN2O2. The number of hydrogen-bond donors (Lipinski definition) is 2. The SMILES string of the molecule is Cc1ccc(NC(=O)c2ccccc2NC(=O)c2ccccc2I)cc1. The van der Waals surface area contributed by atoms with Gasteiger partial charge in [-0.2, -0.15) is 0 Å². The van der Waals surface area contributed by atoms with Crippen molar-refractivity contribution in [2.45, 2.75) is 6.92 Å². The molecule has 0 fully saturated rings. The highest BCUT2D eigenvalue weighted by molar-refractivity contribution is 14.1. The van der Waals surface area contributed by atoms with E-state index in [0.29, 0.717) is 22.5 Å². The third-order valence-corrected chi connectivity index (χ3v) is 4.79. The first-order chi connectivity index (χ1) is 12.5. The van der Waals surface area contributed by atoms with Crippen LogP contribution in [0.4, 0.5) is 11.4 Å². The number of nitrogens with one attached hydrogen (secondary N) is 2. The molecule has 0 heterocycles. The number of carbonyl (C=O) groups is 2. The van der Waals surface area contributed by atoms with Crippen LogP contribution in [0.3, 0.4) is 0 Å². The highest BCUT2D eigenvalue weighted by Crippen LogP contribution is 2.20. The Balaban J connectivity index is 1.81. The van der Waals surface area contributed by atoms with Crippen LogP contribution in [0.1, 0.15) is 26.3 Å². The lowest BCUT2D eigenvalue weighted by atomic mass is 10.1. The third-order valence-electron chi connectivity index (χ3n) is 3.85. The van der Waals surface area contributed by atoms with Crippen molar-refractivity contribution in [1.29, 1.82) is 0 Å². The van der Waals surface area contributed by atoms with Gasteiger partial charge in [0.05, 0.1) is 16.8 Å². The number of amides is 2. The summed E-state index contributed by atoms with van der Waals surface area (Å²) in [6, 6.07) is 21.8. The number of carbonyl (C=O) groups excluding carboxylic acids is 2. The van der Waals surface area contributed by atoms with E-state index >= 15 is 0 Å². The molecule has 0 aromatic heterocycles. The van der Waals surface area contributed by atoms with Gasteiger partial charge >= 0.3 is 0 Å². The molecule has 0 saturated carbocycles. The minimum atomic E-state index is -0.271. The van der Waals surface area contributed by atoms with Gasteiger partial charge in [0.1, 0.15) is 0 Å². The van der Waals surface area contributed by atoms with Crippen LogP contribution in [-0.4, -0.2) is 11.8 Å². The summed E-state index contributed by atoms with van der Waals surface area (Å²) in [4.78, 5) is 25.2. The zero-order valence-corrected chi connectivity index (χ0v) is 16.3. The van der Waals surface area contributed by atoms with Gasteiger partial charge in [-0.3, -0.25) is 9.59 Å². The normalized spacial score (nSPS) is 10.2. The Morgan fingerprint density at radius 1 is 0.731 bits per heavy atom. The van der Waals surface area contributed by atoms with Gasteiger partial charge in [0.2, 0.25) is 0 Å². The summed E-state index contributed by atoms with van der Waals surface area (Å²) in [6.07, 6.45) is 0. The molecule has 0 unspecified atom stereocenters. The second-order valence-corrected chi connectivity index (χ2v) is 6.96. The van der Waals surface area contributed by atoms with Crippen molar-refractivity contribution in [3.05, 3.63) is 93.1 Å². The molecule has 0 atom stereocenters. The zero-order valence-electron chi connectivity index (χ0n) is 14.1. The van der Waals surface area contributed by atoms with Crippen LogP contribution in [0.2, 0.25) is 0 Å². The third kappa shape index (κ3) is 4.29. The molecule has 3 aromatic rings. The highest BCUT2D eigenvalue weighted by atomic mass is 127. The quantitative estimate of drug-likeness (QED) is 0.537. The smallest absolute Gasteiger partial charge is 0.257 e. The Kier molecular flexibility index (Phi) is 5.68. The Labute approximate surface area is 165 Å². The number of anilines is 2. The maximum Gasteiger partial charge on any atom is 0.257 e. The molecule has 0 aliphatic carbocycles. The van der Waals surface area contributed by atoms with E-state index in [1.807, 2.05) is 49.4 Å². The number of halogens is 1. The van der Waals surface area contributed by atoms with Gasteiger partial charge in [-0.15, -0.1) is 0 Å². The second-order valence-electron chi connectivity index (χ2n) is 5.80. The number of aryl methyl sites for hydroxylation is 1. The van der Waals surface area contributed by atoms with E-state index in [2.05, 4.69) is 33.2 Å². The average molecular weight is 456 g/mol. The molecule has 0 saturated heterocycles. The Hall–Kier alpha value is -2.67. The molecule has 4 nitrogen and oxygen atoms in total. The molecule has 0 aliphatic rings. The van der Waals surface area contributed by atoms with Crippen molar-refractivity contribution in [1.82, 2.24) is 0 Å². The van der Waals surface area contributed by atoms with Crippen molar-refractivity contribution in [2.24, 2.45) is 0 Å². The van der Waals surface area contributed by atoms with Crippen LogP contribution in [0.5, 0.6) is 0 Å². The summed E-state index contributed by atoms with van der Waals surface area (Å²) in [5.41, 5.74) is 3.28. The van der Waals surface area contributed by atoms with Crippen LogP contribution in [0.15, 0.2) is 72.8 Å². The van der Waals surface area contributed by atoms with Gasteiger partial charge in [0, 0.05) is 9.26 Å². The molecule has 0 bridgehead atoms. The lowest BCUT2D eigenvalue weighted by molar-refractivity contribution is 0.102. The highest BCUT2D eigenvalue weighted by Gasteiger charge is 2.15. The lowest BCUT2D eigenvalue weighted by Crippen LogP contribution is -2.18. The molecule has 0 spiro atoms. The van der Waals surface area contributed by atoms with Crippen molar-refractivity contribution in [3.63, 3.8) is 0 Å². The van der Waals surface area contributed by atoms with E-state index in [4.69, 9.17) is 0 Å². The fourth-order valence-electron chi connectivity index (χ4n) is 2.46. The topological polar surface area (TPSA) is 58.2 Å². The maximum absolute atomic E-state index is 12.6. The van der Waals surface area contributed by atoms with Crippen LogP contribution in [-0.2, 0) is 0 Å². The van der Waals surface area contributed by atoms with E-state index in [-0.39, 0.29) is 11.8 Å². The van der Waals surface area contributed by atoms with Gasteiger partial charge in [-0.1, -0.05) is 42.0 Å².